The van der Waals surface area contributed by atoms with Crippen LogP contribution in [0.3, 0.4) is 0 Å². The molecule has 27 heavy (non-hydrogen) atoms. The van der Waals surface area contributed by atoms with Gasteiger partial charge >= 0.3 is 6.18 Å². The van der Waals surface area contributed by atoms with Gasteiger partial charge < -0.3 is 10.2 Å². The van der Waals surface area contributed by atoms with Gasteiger partial charge in [0.1, 0.15) is 0 Å². The lowest BCUT2D eigenvalue weighted by atomic mass is 9.89. The summed E-state index contributed by atoms with van der Waals surface area (Å²) in [5.74, 6) is -0.713. The van der Waals surface area contributed by atoms with Crippen molar-refractivity contribution >= 4 is 34.9 Å². The molecule has 1 unspecified atom stereocenters. The largest absolute Gasteiger partial charge is 0.435 e. The molecule has 2 aromatic rings. The van der Waals surface area contributed by atoms with Crippen LogP contribution in [0, 0.1) is 0 Å². The van der Waals surface area contributed by atoms with E-state index in [2.05, 4.69) is 10.5 Å². The highest BCUT2D eigenvalue weighted by Gasteiger charge is 2.62. The molecule has 1 atom stereocenters. The van der Waals surface area contributed by atoms with Crippen molar-refractivity contribution in [2.75, 3.05) is 0 Å². The highest BCUT2D eigenvalue weighted by molar-refractivity contribution is 6.34. The van der Waals surface area contributed by atoms with Crippen LogP contribution >= 0.6 is 23.2 Å². The SMILES string of the molecule is O=C(Cc1ccccc1)NC1=NOC(c2cc(Cl)cc(Cl)c2)(C(F)(F)F)C1. The molecule has 0 aromatic heterocycles. The number of oxime groups is 1. The van der Waals surface area contributed by atoms with Gasteiger partial charge in [-0.1, -0.05) is 58.7 Å². The average Bonchev–Trinajstić information content (AvgIpc) is 3.00. The Labute approximate surface area is 162 Å². The molecule has 0 aliphatic carbocycles. The Balaban J connectivity index is 1.79. The van der Waals surface area contributed by atoms with Gasteiger partial charge in [-0.05, 0) is 23.8 Å². The number of nitrogens with one attached hydrogen (secondary N) is 1. The fraction of sp³-hybridized carbons (Fsp3) is 0.222. The lowest BCUT2D eigenvalue weighted by Crippen LogP contribution is -2.44. The van der Waals surface area contributed by atoms with Gasteiger partial charge in [-0.2, -0.15) is 13.2 Å². The quantitative estimate of drug-likeness (QED) is 0.777. The Bertz CT molecular complexity index is 868. The van der Waals surface area contributed by atoms with Crippen LogP contribution in [-0.4, -0.2) is 17.9 Å². The molecule has 0 saturated heterocycles. The summed E-state index contributed by atoms with van der Waals surface area (Å²) in [6.45, 7) is 0. The number of nitrogens with zero attached hydrogens (tertiary/aromatic N) is 1. The third kappa shape index (κ3) is 4.20. The van der Waals surface area contributed by atoms with E-state index in [0.717, 1.165) is 17.7 Å². The standard InChI is InChI=1S/C18H13Cl2F3N2O2/c19-13-7-12(8-14(20)9-13)17(18(21,22)23)10-15(25-27-17)24-16(26)6-11-4-2-1-3-5-11/h1-5,7-9H,6,10H2,(H,24,25,26). The minimum atomic E-state index is -4.81. The lowest BCUT2D eigenvalue weighted by Gasteiger charge is -2.29. The average molecular weight is 417 g/mol. The van der Waals surface area contributed by atoms with Crippen molar-refractivity contribution in [1.82, 2.24) is 5.32 Å². The van der Waals surface area contributed by atoms with Crippen molar-refractivity contribution < 1.29 is 22.8 Å². The number of carbonyl (C=O) groups excluding carboxylic acids is 1. The number of amidine groups is 1. The van der Waals surface area contributed by atoms with Gasteiger partial charge in [-0.25, -0.2) is 0 Å². The second-order valence-corrected chi connectivity index (χ2v) is 6.87. The van der Waals surface area contributed by atoms with E-state index in [4.69, 9.17) is 28.0 Å². The monoisotopic (exact) mass is 416 g/mol. The van der Waals surface area contributed by atoms with Crippen LogP contribution < -0.4 is 5.32 Å². The molecule has 9 heteroatoms. The zero-order valence-corrected chi connectivity index (χ0v) is 15.2. The third-order valence-corrected chi connectivity index (χ3v) is 4.44. The molecule has 1 amide bonds. The maximum absolute atomic E-state index is 13.8. The predicted octanol–water partition coefficient (Wildman–Crippen LogP) is 4.84. The number of alkyl halides is 3. The molecule has 1 heterocycles. The van der Waals surface area contributed by atoms with Gasteiger partial charge in [0.15, 0.2) is 5.84 Å². The first kappa shape index (κ1) is 19.5. The van der Waals surface area contributed by atoms with Crippen molar-refractivity contribution in [2.45, 2.75) is 24.6 Å². The van der Waals surface area contributed by atoms with Crippen molar-refractivity contribution in [2.24, 2.45) is 5.16 Å². The molecular formula is C18H13Cl2F3N2O2. The van der Waals surface area contributed by atoms with Crippen LogP contribution in [0.25, 0.3) is 0 Å². The van der Waals surface area contributed by atoms with Gasteiger partial charge in [0.25, 0.3) is 5.60 Å². The summed E-state index contributed by atoms with van der Waals surface area (Å²) in [5.41, 5.74) is -2.33. The molecule has 0 spiro atoms. The first-order chi connectivity index (χ1) is 12.7. The fourth-order valence-corrected chi connectivity index (χ4v) is 3.27. The van der Waals surface area contributed by atoms with E-state index in [1.165, 1.54) is 6.07 Å². The third-order valence-electron chi connectivity index (χ3n) is 4.01. The van der Waals surface area contributed by atoms with Crippen LogP contribution in [0.15, 0.2) is 53.7 Å². The number of hydrogen-bond acceptors (Lipinski definition) is 3. The Kier molecular flexibility index (Phi) is 5.35. The summed E-state index contributed by atoms with van der Waals surface area (Å²) in [5, 5.41) is 5.89. The summed E-state index contributed by atoms with van der Waals surface area (Å²) in [4.78, 5) is 16.9. The van der Waals surface area contributed by atoms with Crippen LogP contribution in [-0.2, 0) is 21.7 Å². The van der Waals surface area contributed by atoms with Crippen LogP contribution in [0.2, 0.25) is 10.0 Å². The fourth-order valence-electron chi connectivity index (χ4n) is 2.74. The summed E-state index contributed by atoms with van der Waals surface area (Å²) in [7, 11) is 0. The molecule has 0 radical (unpaired) electrons. The van der Waals surface area contributed by atoms with E-state index in [-0.39, 0.29) is 27.9 Å². The molecule has 142 valence electrons. The second kappa shape index (κ2) is 7.40. The van der Waals surface area contributed by atoms with Crippen molar-refractivity contribution in [1.29, 1.82) is 0 Å². The number of carbonyl (C=O) groups is 1. The van der Waals surface area contributed by atoms with Gasteiger partial charge in [0.2, 0.25) is 5.91 Å². The summed E-state index contributed by atoms with van der Waals surface area (Å²) in [6.07, 6.45) is -5.51. The van der Waals surface area contributed by atoms with Crippen molar-refractivity contribution in [3.05, 3.63) is 69.7 Å². The molecule has 0 fully saturated rings. The highest BCUT2D eigenvalue weighted by Crippen LogP contribution is 2.48. The second-order valence-electron chi connectivity index (χ2n) is 6.00. The van der Waals surface area contributed by atoms with Gasteiger partial charge in [0, 0.05) is 15.6 Å². The number of rotatable bonds is 3. The van der Waals surface area contributed by atoms with Gasteiger partial charge in [-0.3, -0.25) is 4.79 Å². The van der Waals surface area contributed by atoms with E-state index in [9.17, 15) is 18.0 Å². The smallest absolute Gasteiger partial charge is 0.372 e. The van der Waals surface area contributed by atoms with Gasteiger partial charge in [0.05, 0.1) is 12.8 Å². The molecule has 1 aliphatic rings. The minimum Gasteiger partial charge on any atom is -0.372 e. The Hall–Kier alpha value is -2.25. The number of hydrogen-bond donors (Lipinski definition) is 1. The van der Waals surface area contributed by atoms with E-state index < -0.39 is 24.1 Å². The molecule has 1 N–H and O–H groups in total. The summed E-state index contributed by atoms with van der Waals surface area (Å²) >= 11 is 11.7. The van der Waals surface area contributed by atoms with E-state index >= 15 is 0 Å². The topological polar surface area (TPSA) is 50.7 Å². The van der Waals surface area contributed by atoms with Crippen LogP contribution in [0.5, 0.6) is 0 Å². The highest BCUT2D eigenvalue weighted by atomic mass is 35.5. The number of benzene rings is 2. The molecular weight excluding hydrogens is 404 g/mol. The molecule has 0 bridgehead atoms. The van der Waals surface area contributed by atoms with E-state index in [0.29, 0.717) is 0 Å². The Morgan fingerprint density at radius 3 is 2.37 bits per heavy atom. The number of amides is 1. The predicted molar refractivity (Wildman–Crippen MR) is 95.6 cm³/mol. The maximum Gasteiger partial charge on any atom is 0.435 e. The minimum absolute atomic E-state index is 0.00186. The first-order valence-electron chi connectivity index (χ1n) is 7.82. The van der Waals surface area contributed by atoms with E-state index in [1.54, 1.807) is 30.3 Å². The molecule has 3 rings (SSSR count). The van der Waals surface area contributed by atoms with Crippen LogP contribution in [0.4, 0.5) is 13.2 Å². The van der Waals surface area contributed by atoms with Crippen molar-refractivity contribution in [3.63, 3.8) is 0 Å². The molecule has 2 aromatic carbocycles. The number of halogens is 5. The summed E-state index contributed by atoms with van der Waals surface area (Å²) in [6, 6.07) is 12.3. The van der Waals surface area contributed by atoms with Gasteiger partial charge in [-0.15, -0.1) is 0 Å². The summed E-state index contributed by atoms with van der Waals surface area (Å²) < 4.78 is 41.5. The molecule has 4 nitrogen and oxygen atoms in total. The Morgan fingerprint density at radius 1 is 1.15 bits per heavy atom. The zero-order valence-electron chi connectivity index (χ0n) is 13.7. The normalized spacial score (nSPS) is 19.4. The molecule has 1 aliphatic heterocycles. The first-order valence-corrected chi connectivity index (χ1v) is 8.57. The maximum atomic E-state index is 13.8. The Morgan fingerprint density at radius 2 is 1.78 bits per heavy atom. The zero-order chi connectivity index (χ0) is 19.7. The van der Waals surface area contributed by atoms with Crippen molar-refractivity contribution in [3.8, 4) is 0 Å². The van der Waals surface area contributed by atoms with E-state index in [1.807, 2.05) is 0 Å². The molecule has 0 saturated carbocycles. The lowest BCUT2D eigenvalue weighted by molar-refractivity contribution is -0.275. The van der Waals surface area contributed by atoms with Crippen LogP contribution in [0.1, 0.15) is 17.5 Å².